The lowest BCUT2D eigenvalue weighted by Crippen LogP contribution is -2.27. The molecule has 2 atom stereocenters. The van der Waals surface area contributed by atoms with E-state index in [9.17, 15) is 13.2 Å². The molecule has 0 unspecified atom stereocenters. The quantitative estimate of drug-likeness (QED) is 0.859. The zero-order valence-corrected chi connectivity index (χ0v) is 13.3. The SMILES string of the molecule is C[C@@H]1CNC[C@H]1C(=O)Nc1ccc(S(=O)(=O)N(C)C)cc1. The monoisotopic (exact) mass is 311 g/mol. The molecule has 1 aliphatic rings. The van der Waals surface area contributed by atoms with Crippen molar-refractivity contribution in [1.29, 1.82) is 0 Å². The average Bonchev–Trinajstić information content (AvgIpc) is 2.85. The van der Waals surface area contributed by atoms with Crippen LogP contribution < -0.4 is 10.6 Å². The lowest BCUT2D eigenvalue weighted by Gasteiger charge is -2.15. The van der Waals surface area contributed by atoms with E-state index in [0.29, 0.717) is 18.2 Å². The molecule has 0 aromatic heterocycles. The van der Waals surface area contributed by atoms with Gasteiger partial charge in [-0.1, -0.05) is 6.92 Å². The van der Waals surface area contributed by atoms with E-state index < -0.39 is 10.0 Å². The molecule has 0 spiro atoms. The van der Waals surface area contributed by atoms with E-state index in [1.165, 1.54) is 26.2 Å². The zero-order valence-electron chi connectivity index (χ0n) is 12.5. The highest BCUT2D eigenvalue weighted by atomic mass is 32.2. The Balaban J connectivity index is 2.08. The molecule has 1 fully saturated rings. The molecule has 1 amide bonds. The maximum Gasteiger partial charge on any atom is 0.242 e. The van der Waals surface area contributed by atoms with Gasteiger partial charge in [0.25, 0.3) is 0 Å². The molecule has 1 aromatic carbocycles. The molecule has 1 aromatic rings. The first-order valence-corrected chi connectivity index (χ1v) is 8.30. The van der Waals surface area contributed by atoms with E-state index in [-0.39, 0.29) is 16.7 Å². The van der Waals surface area contributed by atoms with E-state index in [0.717, 1.165) is 10.8 Å². The summed E-state index contributed by atoms with van der Waals surface area (Å²) < 4.78 is 25.1. The molecule has 0 radical (unpaired) electrons. The molecule has 0 saturated carbocycles. The second kappa shape index (κ2) is 6.13. The predicted octanol–water partition coefficient (Wildman–Crippen LogP) is 0.731. The molecule has 2 N–H and O–H groups in total. The summed E-state index contributed by atoms with van der Waals surface area (Å²) in [5.74, 6) is 0.226. The van der Waals surface area contributed by atoms with E-state index in [1.54, 1.807) is 12.1 Å². The molecule has 1 heterocycles. The standard InChI is InChI=1S/C14H21N3O3S/c1-10-8-15-9-13(10)14(18)16-11-4-6-12(7-5-11)21(19,20)17(2)3/h4-7,10,13,15H,8-9H2,1-3H3,(H,16,18)/t10-,13-/m1/s1. The summed E-state index contributed by atoms with van der Waals surface area (Å²) in [5, 5.41) is 6.02. The van der Waals surface area contributed by atoms with Crippen LogP contribution in [0.5, 0.6) is 0 Å². The molecular formula is C14H21N3O3S. The first-order valence-electron chi connectivity index (χ1n) is 6.86. The number of hydrogen-bond acceptors (Lipinski definition) is 4. The van der Waals surface area contributed by atoms with Crippen molar-refractivity contribution in [1.82, 2.24) is 9.62 Å². The third-order valence-corrected chi connectivity index (χ3v) is 5.58. The maximum absolute atomic E-state index is 12.1. The summed E-state index contributed by atoms with van der Waals surface area (Å²) in [7, 11) is -0.465. The van der Waals surface area contributed by atoms with E-state index >= 15 is 0 Å². The van der Waals surface area contributed by atoms with Gasteiger partial charge < -0.3 is 10.6 Å². The van der Waals surface area contributed by atoms with Crippen LogP contribution in [-0.2, 0) is 14.8 Å². The van der Waals surface area contributed by atoms with Gasteiger partial charge in [0.2, 0.25) is 15.9 Å². The van der Waals surface area contributed by atoms with Gasteiger partial charge in [0.05, 0.1) is 10.8 Å². The van der Waals surface area contributed by atoms with Crippen molar-refractivity contribution in [3.63, 3.8) is 0 Å². The minimum absolute atomic E-state index is 0.0317. The summed E-state index contributed by atoms with van der Waals surface area (Å²) in [6.45, 7) is 3.56. The Kier molecular flexibility index (Phi) is 4.65. The Morgan fingerprint density at radius 2 is 1.86 bits per heavy atom. The summed E-state index contributed by atoms with van der Waals surface area (Å²) in [6.07, 6.45) is 0. The second-order valence-corrected chi connectivity index (χ2v) is 7.69. The lowest BCUT2D eigenvalue weighted by atomic mass is 9.97. The Morgan fingerprint density at radius 1 is 1.24 bits per heavy atom. The number of benzene rings is 1. The van der Waals surface area contributed by atoms with Crippen molar-refractivity contribution in [2.24, 2.45) is 11.8 Å². The normalized spacial score (nSPS) is 22.5. The van der Waals surface area contributed by atoms with E-state index in [2.05, 4.69) is 10.6 Å². The Morgan fingerprint density at radius 3 is 2.33 bits per heavy atom. The van der Waals surface area contributed by atoms with Gasteiger partial charge in [0, 0.05) is 26.3 Å². The van der Waals surface area contributed by atoms with Gasteiger partial charge in [0.15, 0.2) is 0 Å². The van der Waals surface area contributed by atoms with Crippen LogP contribution in [0.3, 0.4) is 0 Å². The number of carbonyl (C=O) groups excluding carboxylic acids is 1. The van der Waals surface area contributed by atoms with Crippen LogP contribution in [0.15, 0.2) is 29.2 Å². The van der Waals surface area contributed by atoms with Gasteiger partial charge in [-0.25, -0.2) is 12.7 Å². The van der Waals surface area contributed by atoms with Crippen molar-refractivity contribution < 1.29 is 13.2 Å². The van der Waals surface area contributed by atoms with Crippen LogP contribution in [0.1, 0.15) is 6.92 Å². The number of anilines is 1. The molecule has 116 valence electrons. The summed E-state index contributed by atoms with van der Waals surface area (Å²) >= 11 is 0. The topological polar surface area (TPSA) is 78.5 Å². The van der Waals surface area contributed by atoms with Crippen LogP contribution in [0.4, 0.5) is 5.69 Å². The molecule has 0 bridgehead atoms. The van der Waals surface area contributed by atoms with Crippen LogP contribution in [0, 0.1) is 11.8 Å². The van der Waals surface area contributed by atoms with Crippen LogP contribution >= 0.6 is 0 Å². The van der Waals surface area contributed by atoms with Crippen molar-refractivity contribution in [3.05, 3.63) is 24.3 Å². The first-order chi connectivity index (χ1) is 9.82. The molecule has 2 rings (SSSR count). The number of nitrogens with one attached hydrogen (secondary N) is 2. The maximum atomic E-state index is 12.1. The predicted molar refractivity (Wildman–Crippen MR) is 81.5 cm³/mol. The van der Waals surface area contributed by atoms with E-state index in [4.69, 9.17) is 0 Å². The van der Waals surface area contributed by atoms with Crippen LogP contribution in [0.25, 0.3) is 0 Å². The fourth-order valence-corrected chi connectivity index (χ4v) is 3.22. The molecule has 7 heteroatoms. The van der Waals surface area contributed by atoms with Gasteiger partial charge in [-0.15, -0.1) is 0 Å². The van der Waals surface area contributed by atoms with Gasteiger partial charge in [-0.2, -0.15) is 0 Å². The molecular weight excluding hydrogens is 290 g/mol. The Hall–Kier alpha value is -1.44. The first kappa shape index (κ1) is 15.9. The fourth-order valence-electron chi connectivity index (χ4n) is 2.32. The van der Waals surface area contributed by atoms with Crippen molar-refractivity contribution in [2.75, 3.05) is 32.5 Å². The molecule has 1 saturated heterocycles. The zero-order chi connectivity index (χ0) is 15.6. The number of nitrogens with zero attached hydrogens (tertiary/aromatic N) is 1. The summed E-state index contributed by atoms with van der Waals surface area (Å²) in [6, 6.07) is 6.23. The second-order valence-electron chi connectivity index (χ2n) is 5.54. The third kappa shape index (κ3) is 3.42. The number of amides is 1. The van der Waals surface area contributed by atoms with Crippen molar-refractivity contribution >= 4 is 21.6 Å². The number of hydrogen-bond donors (Lipinski definition) is 2. The van der Waals surface area contributed by atoms with E-state index in [1.807, 2.05) is 6.92 Å². The minimum atomic E-state index is -3.44. The highest BCUT2D eigenvalue weighted by molar-refractivity contribution is 7.89. The minimum Gasteiger partial charge on any atom is -0.326 e. The van der Waals surface area contributed by atoms with Crippen molar-refractivity contribution in [3.8, 4) is 0 Å². The molecule has 0 aliphatic carbocycles. The Labute approximate surface area is 125 Å². The number of carbonyl (C=O) groups is 1. The fraction of sp³-hybridized carbons (Fsp3) is 0.500. The Bertz CT molecular complexity index is 611. The smallest absolute Gasteiger partial charge is 0.242 e. The highest BCUT2D eigenvalue weighted by Crippen LogP contribution is 2.20. The molecule has 6 nitrogen and oxygen atoms in total. The highest BCUT2D eigenvalue weighted by Gasteiger charge is 2.29. The van der Waals surface area contributed by atoms with Gasteiger partial charge in [-0.05, 0) is 36.7 Å². The van der Waals surface area contributed by atoms with Gasteiger partial charge in [-0.3, -0.25) is 4.79 Å². The average molecular weight is 311 g/mol. The number of rotatable bonds is 4. The number of sulfonamides is 1. The van der Waals surface area contributed by atoms with Crippen molar-refractivity contribution in [2.45, 2.75) is 11.8 Å². The lowest BCUT2D eigenvalue weighted by molar-refractivity contribution is -0.120. The van der Waals surface area contributed by atoms with Crippen LogP contribution in [-0.4, -0.2) is 45.8 Å². The summed E-state index contributed by atoms with van der Waals surface area (Å²) in [4.78, 5) is 12.3. The van der Waals surface area contributed by atoms with Gasteiger partial charge in [0.1, 0.15) is 0 Å². The van der Waals surface area contributed by atoms with Gasteiger partial charge >= 0.3 is 0 Å². The molecule has 1 aliphatic heterocycles. The largest absolute Gasteiger partial charge is 0.326 e. The molecule has 21 heavy (non-hydrogen) atoms. The van der Waals surface area contributed by atoms with Crippen LogP contribution in [0.2, 0.25) is 0 Å². The third-order valence-electron chi connectivity index (χ3n) is 3.75. The summed E-state index contributed by atoms with van der Waals surface area (Å²) in [5.41, 5.74) is 0.608.